The summed E-state index contributed by atoms with van der Waals surface area (Å²) < 4.78 is 5.28. The second-order valence-electron chi connectivity index (χ2n) is 21.5. The van der Waals surface area contributed by atoms with Gasteiger partial charge in [0.15, 0.2) is 0 Å². The Labute approximate surface area is 443 Å². The summed E-state index contributed by atoms with van der Waals surface area (Å²) in [5.74, 6) is 0.974. The minimum Gasteiger partial charge on any atom is -0.314 e. The van der Waals surface area contributed by atoms with Crippen molar-refractivity contribution in [2.45, 2.75) is 46.5 Å². The SMILES string of the molecule is CC(C)C1=CC=C(N(c2ccccc2)c2ccc3c4cccc5c6c(-c7ccccc7)c7c(c(-c8ccccc8)c6n(c3c2)c45)c2cccc3c4ccc(N(c5ccccc5)c5ccc(C(C)C)cc5)cc4n7c32)CC1. The molecular formula is C72H56N4. The summed E-state index contributed by atoms with van der Waals surface area (Å²) in [5, 5.41) is 10.1. The fraction of sp³-hybridized carbons (Fsp3) is 0.111. The van der Waals surface area contributed by atoms with Crippen molar-refractivity contribution >= 4 is 105 Å². The van der Waals surface area contributed by atoms with Gasteiger partial charge < -0.3 is 18.6 Å². The molecule has 364 valence electrons. The first-order chi connectivity index (χ1) is 37.4. The predicted octanol–water partition coefficient (Wildman–Crippen LogP) is 20.3. The summed E-state index contributed by atoms with van der Waals surface area (Å²) >= 11 is 0. The molecular weight excluding hydrogens is 921 g/mol. The van der Waals surface area contributed by atoms with Gasteiger partial charge in [-0.25, -0.2) is 0 Å². The van der Waals surface area contributed by atoms with Crippen LogP contribution in [0, 0.1) is 5.92 Å². The zero-order chi connectivity index (χ0) is 50.8. The Bertz CT molecular complexity index is 4600. The molecule has 15 rings (SSSR count). The molecule has 0 saturated heterocycles. The van der Waals surface area contributed by atoms with Crippen molar-refractivity contribution in [1.82, 2.24) is 8.80 Å². The van der Waals surface area contributed by atoms with Crippen LogP contribution in [0.2, 0.25) is 0 Å². The summed E-state index contributed by atoms with van der Waals surface area (Å²) in [6, 6.07) is 81.7. The van der Waals surface area contributed by atoms with Crippen LogP contribution in [0.3, 0.4) is 0 Å². The quantitative estimate of drug-likeness (QED) is 0.136. The number of benzene rings is 10. The van der Waals surface area contributed by atoms with Crippen LogP contribution in [0.1, 0.15) is 52.0 Å². The molecule has 14 aromatic rings. The Morgan fingerprint density at radius 2 is 0.776 bits per heavy atom. The third-order valence-corrected chi connectivity index (χ3v) is 16.7. The van der Waals surface area contributed by atoms with E-state index in [-0.39, 0.29) is 0 Å². The van der Waals surface area contributed by atoms with Gasteiger partial charge in [0.25, 0.3) is 0 Å². The largest absolute Gasteiger partial charge is 0.314 e. The summed E-state index contributed by atoms with van der Waals surface area (Å²) in [7, 11) is 0. The maximum Gasteiger partial charge on any atom is 0.0634 e. The van der Waals surface area contributed by atoms with Crippen molar-refractivity contribution in [2.24, 2.45) is 5.92 Å². The number of allylic oxidation sites excluding steroid dienone is 4. The fourth-order valence-corrected chi connectivity index (χ4v) is 13.1. The summed E-state index contributed by atoms with van der Waals surface area (Å²) in [6.07, 6.45) is 6.78. The number of fused-ring (bicyclic) bond motifs is 12. The molecule has 0 spiro atoms. The van der Waals surface area contributed by atoms with Crippen LogP contribution in [0.15, 0.2) is 242 Å². The molecule has 0 aliphatic heterocycles. The summed E-state index contributed by atoms with van der Waals surface area (Å²) in [5.41, 5.74) is 22.1. The Morgan fingerprint density at radius 3 is 1.24 bits per heavy atom. The first kappa shape index (κ1) is 44.4. The molecule has 4 heterocycles. The highest BCUT2D eigenvalue weighted by molar-refractivity contribution is 6.38. The topological polar surface area (TPSA) is 15.3 Å². The third kappa shape index (κ3) is 6.56. The number of aromatic nitrogens is 2. The van der Waals surface area contributed by atoms with Gasteiger partial charge in [-0.3, -0.25) is 0 Å². The minimum atomic E-state index is 0.445. The van der Waals surface area contributed by atoms with E-state index in [2.05, 4.69) is 277 Å². The molecule has 0 unspecified atom stereocenters. The van der Waals surface area contributed by atoms with Gasteiger partial charge in [-0.2, -0.15) is 0 Å². The Morgan fingerprint density at radius 1 is 0.342 bits per heavy atom. The smallest absolute Gasteiger partial charge is 0.0634 e. The van der Waals surface area contributed by atoms with Crippen LogP contribution >= 0.6 is 0 Å². The molecule has 1 aliphatic carbocycles. The lowest BCUT2D eigenvalue weighted by molar-refractivity contribution is 0.696. The standard InChI is InChI=1S/C72H56N4/c1-45(2)47-31-35-53(36-32-47)73(51-23-13-7-14-24-51)55-39-41-57-59-27-17-29-61-67-66(50-21-11-6-12-22-50)72-68(65(49-19-9-5-10-20-49)71(67)75(69(59)61)63(57)43-55)62-30-18-28-60-58-42-40-56(44-64(58)76(72)70(60)62)74(52-25-15-8-16-26-52)54-37-33-48(34-38-54)46(3)4/h5-33,35-37,39-46H,34,38H2,1-4H3. The zero-order valence-electron chi connectivity index (χ0n) is 43.3. The lowest BCUT2D eigenvalue weighted by Gasteiger charge is -2.30. The molecule has 4 aromatic heterocycles. The van der Waals surface area contributed by atoms with Gasteiger partial charge in [-0.15, -0.1) is 0 Å². The highest BCUT2D eigenvalue weighted by Gasteiger charge is 2.31. The number of hydrogen-bond donors (Lipinski definition) is 0. The first-order valence-electron chi connectivity index (χ1n) is 27.1. The lowest BCUT2D eigenvalue weighted by Crippen LogP contribution is -2.18. The van der Waals surface area contributed by atoms with Crippen molar-refractivity contribution in [3.8, 4) is 22.3 Å². The van der Waals surface area contributed by atoms with Gasteiger partial charge >= 0.3 is 0 Å². The Hall–Kier alpha value is -9.12. The van der Waals surface area contributed by atoms with E-state index in [1.807, 2.05) is 0 Å². The van der Waals surface area contributed by atoms with E-state index >= 15 is 0 Å². The van der Waals surface area contributed by atoms with Crippen molar-refractivity contribution in [3.63, 3.8) is 0 Å². The molecule has 10 aromatic carbocycles. The minimum absolute atomic E-state index is 0.445. The average molecular weight is 977 g/mol. The van der Waals surface area contributed by atoms with E-state index in [0.29, 0.717) is 11.8 Å². The number of para-hydroxylation sites is 4. The molecule has 0 atom stereocenters. The zero-order valence-corrected chi connectivity index (χ0v) is 43.3. The van der Waals surface area contributed by atoms with Crippen molar-refractivity contribution in [2.75, 3.05) is 9.80 Å². The van der Waals surface area contributed by atoms with E-state index < -0.39 is 0 Å². The van der Waals surface area contributed by atoms with Gasteiger partial charge in [-0.05, 0) is 108 Å². The second kappa shape index (κ2) is 17.2. The first-order valence-corrected chi connectivity index (χ1v) is 27.1. The van der Waals surface area contributed by atoms with Crippen LogP contribution in [0.25, 0.3) is 98.4 Å². The molecule has 4 heteroatoms. The normalized spacial score (nSPS) is 13.3. The van der Waals surface area contributed by atoms with Crippen LogP contribution in [-0.4, -0.2) is 8.80 Å². The molecule has 0 fully saturated rings. The molecule has 0 radical (unpaired) electrons. The highest BCUT2D eigenvalue weighted by atomic mass is 15.2. The summed E-state index contributed by atoms with van der Waals surface area (Å²) in [6.45, 7) is 9.15. The van der Waals surface area contributed by atoms with Gasteiger partial charge in [0.1, 0.15) is 0 Å². The maximum atomic E-state index is 2.65. The number of rotatable bonds is 10. The molecule has 0 amide bonds. The Balaban J connectivity index is 1.09. The fourth-order valence-electron chi connectivity index (χ4n) is 13.1. The second-order valence-corrected chi connectivity index (χ2v) is 21.5. The van der Waals surface area contributed by atoms with E-state index in [9.17, 15) is 0 Å². The van der Waals surface area contributed by atoms with E-state index in [1.165, 1.54) is 121 Å². The van der Waals surface area contributed by atoms with Crippen LogP contribution in [0.4, 0.5) is 28.4 Å². The van der Waals surface area contributed by atoms with Gasteiger partial charge in [-0.1, -0.05) is 197 Å². The van der Waals surface area contributed by atoms with Gasteiger partial charge in [0.05, 0.1) is 33.1 Å². The van der Waals surface area contributed by atoms with Crippen molar-refractivity contribution in [3.05, 3.63) is 247 Å². The highest BCUT2D eigenvalue weighted by Crippen LogP contribution is 2.55. The van der Waals surface area contributed by atoms with Crippen molar-refractivity contribution in [1.29, 1.82) is 0 Å². The number of hydrogen-bond acceptors (Lipinski definition) is 2. The molecule has 0 saturated carbocycles. The average Bonchev–Trinajstić information content (AvgIpc) is 4.31. The Kier molecular flexibility index (Phi) is 10.1. The molecule has 4 nitrogen and oxygen atoms in total. The van der Waals surface area contributed by atoms with E-state index in [0.717, 1.165) is 35.6 Å². The molecule has 0 bridgehead atoms. The number of anilines is 5. The van der Waals surface area contributed by atoms with Crippen LogP contribution < -0.4 is 9.80 Å². The molecule has 1 aliphatic rings. The van der Waals surface area contributed by atoms with E-state index in [1.54, 1.807) is 0 Å². The molecule has 0 N–H and O–H groups in total. The third-order valence-electron chi connectivity index (χ3n) is 16.7. The van der Waals surface area contributed by atoms with Crippen molar-refractivity contribution < 1.29 is 0 Å². The molecule has 76 heavy (non-hydrogen) atoms. The number of nitrogens with zero attached hydrogens (tertiary/aromatic N) is 4. The van der Waals surface area contributed by atoms with Crippen LogP contribution in [0.5, 0.6) is 0 Å². The maximum absolute atomic E-state index is 2.65. The lowest BCUT2D eigenvalue weighted by atomic mass is 9.89. The summed E-state index contributed by atoms with van der Waals surface area (Å²) in [4.78, 5) is 4.91. The predicted molar refractivity (Wildman–Crippen MR) is 324 cm³/mol. The van der Waals surface area contributed by atoms with Crippen LogP contribution in [-0.2, 0) is 0 Å². The van der Waals surface area contributed by atoms with E-state index in [4.69, 9.17) is 0 Å². The van der Waals surface area contributed by atoms with Gasteiger partial charge in [0.2, 0.25) is 0 Å². The monoisotopic (exact) mass is 976 g/mol. The van der Waals surface area contributed by atoms with Gasteiger partial charge in [0, 0.05) is 88.4 Å².